The molecule has 1 saturated carbocycles. The number of benzene rings is 1. The van der Waals surface area contributed by atoms with Gasteiger partial charge in [-0.15, -0.1) is 0 Å². The van der Waals surface area contributed by atoms with Crippen molar-refractivity contribution < 1.29 is 0 Å². The molecule has 0 unspecified atom stereocenters. The van der Waals surface area contributed by atoms with Crippen molar-refractivity contribution in [1.29, 1.82) is 5.26 Å². The summed E-state index contributed by atoms with van der Waals surface area (Å²) in [6, 6.07) is 8.07. The van der Waals surface area contributed by atoms with Crippen molar-refractivity contribution in [2.24, 2.45) is 0 Å². The van der Waals surface area contributed by atoms with E-state index in [9.17, 15) is 0 Å². The number of nitrogen functional groups attached to an aromatic ring is 1. The summed E-state index contributed by atoms with van der Waals surface area (Å²) in [7, 11) is 0. The van der Waals surface area contributed by atoms with Crippen LogP contribution in [0.1, 0.15) is 44.6 Å². The Labute approximate surface area is 109 Å². The second kappa shape index (κ2) is 5.30. The number of hydrogen-bond donors (Lipinski definition) is 2. The molecule has 3 heteroatoms. The predicted octanol–water partition coefficient (Wildman–Crippen LogP) is 3.47. The highest BCUT2D eigenvalue weighted by atomic mass is 15.0. The highest BCUT2D eigenvalue weighted by molar-refractivity contribution is 5.58. The molecule has 0 amide bonds. The van der Waals surface area contributed by atoms with Crippen LogP contribution in [0.2, 0.25) is 0 Å². The van der Waals surface area contributed by atoms with Gasteiger partial charge >= 0.3 is 0 Å². The molecule has 0 bridgehead atoms. The van der Waals surface area contributed by atoms with E-state index in [0.29, 0.717) is 12.1 Å². The highest BCUT2D eigenvalue weighted by Crippen LogP contribution is 2.32. The molecule has 1 fully saturated rings. The van der Waals surface area contributed by atoms with Gasteiger partial charge in [0.1, 0.15) is 0 Å². The van der Waals surface area contributed by atoms with Crippen molar-refractivity contribution in [2.45, 2.75) is 51.0 Å². The summed E-state index contributed by atoms with van der Waals surface area (Å²) in [6.07, 6.45) is 6.74. The first-order chi connectivity index (χ1) is 8.63. The highest BCUT2D eigenvalue weighted by Gasteiger charge is 2.26. The maximum atomic E-state index is 8.78. The van der Waals surface area contributed by atoms with Gasteiger partial charge in [0.05, 0.1) is 12.5 Å². The standard InChI is InChI=1S/C15H21N3/c1-15(8-3-2-4-9-15)18-13-5-6-14(17)12(11-13)7-10-16/h5-6,11,18H,2-4,7-9,17H2,1H3. The molecular weight excluding hydrogens is 222 g/mol. The number of hydrogen-bond acceptors (Lipinski definition) is 3. The Morgan fingerprint density at radius 1 is 1.33 bits per heavy atom. The summed E-state index contributed by atoms with van der Waals surface area (Å²) in [6.45, 7) is 2.28. The smallest absolute Gasteiger partial charge is 0.0670 e. The Morgan fingerprint density at radius 3 is 2.72 bits per heavy atom. The molecule has 0 radical (unpaired) electrons. The first-order valence-electron chi connectivity index (χ1n) is 6.66. The van der Waals surface area contributed by atoms with Crippen LogP contribution < -0.4 is 11.1 Å². The van der Waals surface area contributed by atoms with Crippen LogP contribution in [0, 0.1) is 11.3 Å². The van der Waals surface area contributed by atoms with E-state index in [4.69, 9.17) is 11.0 Å². The molecular formula is C15H21N3. The van der Waals surface area contributed by atoms with E-state index in [1.807, 2.05) is 18.2 Å². The van der Waals surface area contributed by atoms with E-state index in [0.717, 1.165) is 11.3 Å². The third kappa shape index (κ3) is 2.95. The fraction of sp³-hybridized carbons (Fsp3) is 0.533. The minimum atomic E-state index is 0.193. The maximum absolute atomic E-state index is 8.78. The van der Waals surface area contributed by atoms with Crippen LogP contribution in [0.5, 0.6) is 0 Å². The Hall–Kier alpha value is -1.69. The number of anilines is 2. The van der Waals surface area contributed by atoms with Crippen molar-refractivity contribution in [3.8, 4) is 6.07 Å². The van der Waals surface area contributed by atoms with Gasteiger partial charge in [-0.05, 0) is 43.5 Å². The number of rotatable bonds is 3. The van der Waals surface area contributed by atoms with E-state index >= 15 is 0 Å². The van der Waals surface area contributed by atoms with Gasteiger partial charge in [-0.2, -0.15) is 5.26 Å². The largest absolute Gasteiger partial charge is 0.398 e. The molecule has 0 saturated heterocycles. The van der Waals surface area contributed by atoms with E-state index in [2.05, 4.69) is 18.3 Å². The van der Waals surface area contributed by atoms with E-state index < -0.39 is 0 Å². The molecule has 1 aromatic rings. The number of nitrogens with zero attached hydrogens (tertiary/aromatic N) is 1. The van der Waals surface area contributed by atoms with Gasteiger partial charge in [0, 0.05) is 16.9 Å². The molecule has 3 nitrogen and oxygen atoms in total. The maximum Gasteiger partial charge on any atom is 0.0670 e. The molecule has 1 aliphatic rings. The van der Waals surface area contributed by atoms with Crippen LogP contribution in [0.4, 0.5) is 11.4 Å². The van der Waals surface area contributed by atoms with Gasteiger partial charge in [0.15, 0.2) is 0 Å². The van der Waals surface area contributed by atoms with E-state index in [-0.39, 0.29) is 5.54 Å². The predicted molar refractivity (Wildman–Crippen MR) is 75.3 cm³/mol. The lowest BCUT2D eigenvalue weighted by atomic mass is 9.83. The van der Waals surface area contributed by atoms with Crippen LogP contribution in [0.3, 0.4) is 0 Å². The molecule has 0 aliphatic heterocycles. The lowest BCUT2D eigenvalue weighted by Crippen LogP contribution is -2.36. The first kappa shape index (κ1) is 12.8. The molecule has 0 spiro atoms. The second-order valence-corrected chi connectivity index (χ2v) is 5.49. The molecule has 18 heavy (non-hydrogen) atoms. The molecule has 2 rings (SSSR count). The molecule has 0 atom stereocenters. The number of nitrogens with one attached hydrogen (secondary N) is 1. The lowest BCUT2D eigenvalue weighted by Gasteiger charge is -2.35. The number of nitriles is 1. The second-order valence-electron chi connectivity index (χ2n) is 5.49. The summed E-state index contributed by atoms with van der Waals surface area (Å²) in [4.78, 5) is 0. The molecule has 1 aromatic carbocycles. The van der Waals surface area contributed by atoms with Crippen LogP contribution in [-0.4, -0.2) is 5.54 Å². The SMILES string of the molecule is CC1(Nc2ccc(N)c(CC#N)c2)CCCCC1. The van der Waals surface area contributed by atoms with Crippen LogP contribution in [0.25, 0.3) is 0 Å². The summed E-state index contributed by atoms with van der Waals surface area (Å²) < 4.78 is 0. The average molecular weight is 243 g/mol. The average Bonchev–Trinajstić information content (AvgIpc) is 2.34. The minimum absolute atomic E-state index is 0.193. The third-order valence-corrected chi connectivity index (χ3v) is 3.82. The van der Waals surface area contributed by atoms with E-state index in [1.54, 1.807) is 0 Å². The molecule has 3 N–H and O–H groups in total. The fourth-order valence-corrected chi connectivity index (χ4v) is 2.73. The first-order valence-corrected chi connectivity index (χ1v) is 6.66. The molecule has 0 aromatic heterocycles. The van der Waals surface area contributed by atoms with Crippen molar-refractivity contribution in [2.75, 3.05) is 11.1 Å². The van der Waals surface area contributed by atoms with Crippen LogP contribution >= 0.6 is 0 Å². The minimum Gasteiger partial charge on any atom is -0.398 e. The lowest BCUT2D eigenvalue weighted by molar-refractivity contribution is 0.349. The zero-order valence-electron chi connectivity index (χ0n) is 11.0. The Kier molecular flexibility index (Phi) is 3.76. The van der Waals surface area contributed by atoms with Crippen molar-refractivity contribution >= 4 is 11.4 Å². The summed E-state index contributed by atoms with van der Waals surface area (Å²) >= 11 is 0. The summed E-state index contributed by atoms with van der Waals surface area (Å²) in [5.74, 6) is 0. The van der Waals surface area contributed by atoms with Gasteiger partial charge in [-0.3, -0.25) is 0 Å². The zero-order valence-corrected chi connectivity index (χ0v) is 11.0. The fourth-order valence-electron chi connectivity index (χ4n) is 2.73. The monoisotopic (exact) mass is 243 g/mol. The number of nitrogens with two attached hydrogens (primary N) is 1. The van der Waals surface area contributed by atoms with Gasteiger partial charge in [0.2, 0.25) is 0 Å². The topological polar surface area (TPSA) is 61.8 Å². The van der Waals surface area contributed by atoms with Crippen molar-refractivity contribution in [1.82, 2.24) is 0 Å². The normalized spacial score (nSPS) is 18.0. The summed E-state index contributed by atoms with van der Waals surface area (Å²) in [5, 5.41) is 12.4. The van der Waals surface area contributed by atoms with Crippen LogP contribution in [-0.2, 0) is 6.42 Å². The third-order valence-electron chi connectivity index (χ3n) is 3.82. The Bertz CT molecular complexity index is 453. The van der Waals surface area contributed by atoms with Crippen molar-refractivity contribution in [3.63, 3.8) is 0 Å². The molecule has 1 aliphatic carbocycles. The van der Waals surface area contributed by atoms with Crippen molar-refractivity contribution in [3.05, 3.63) is 23.8 Å². The summed E-state index contributed by atoms with van der Waals surface area (Å²) in [5.41, 5.74) is 8.76. The quantitative estimate of drug-likeness (QED) is 0.799. The molecule has 0 heterocycles. The zero-order chi connectivity index (χ0) is 13.0. The Morgan fingerprint density at radius 2 is 2.06 bits per heavy atom. The Balaban J connectivity index is 2.14. The van der Waals surface area contributed by atoms with Gasteiger partial charge in [-0.25, -0.2) is 0 Å². The van der Waals surface area contributed by atoms with Gasteiger partial charge in [-0.1, -0.05) is 19.3 Å². The van der Waals surface area contributed by atoms with Gasteiger partial charge in [0.25, 0.3) is 0 Å². The van der Waals surface area contributed by atoms with Crippen LogP contribution in [0.15, 0.2) is 18.2 Å². The van der Waals surface area contributed by atoms with E-state index in [1.165, 1.54) is 32.1 Å². The van der Waals surface area contributed by atoms with Gasteiger partial charge < -0.3 is 11.1 Å². The molecule has 96 valence electrons.